The van der Waals surface area contributed by atoms with E-state index >= 15 is 0 Å². The summed E-state index contributed by atoms with van der Waals surface area (Å²) in [7, 11) is 0. The zero-order chi connectivity index (χ0) is 9.38. The summed E-state index contributed by atoms with van der Waals surface area (Å²) < 4.78 is 0. The highest BCUT2D eigenvalue weighted by Crippen LogP contribution is 2.33. The van der Waals surface area contributed by atoms with Gasteiger partial charge in [0.2, 0.25) is 0 Å². The Morgan fingerprint density at radius 3 is 3.07 bits per heavy atom. The molecule has 0 N–H and O–H groups in total. The van der Waals surface area contributed by atoms with Gasteiger partial charge in [0, 0.05) is 16.5 Å². The summed E-state index contributed by atoms with van der Waals surface area (Å²) in [4.78, 5) is 11.2. The van der Waals surface area contributed by atoms with Crippen LogP contribution in [0.1, 0.15) is 29.7 Å². The maximum atomic E-state index is 4.32. The summed E-state index contributed by atoms with van der Waals surface area (Å²) in [6, 6.07) is 0. The van der Waals surface area contributed by atoms with Crippen LogP contribution in [0.15, 0.2) is 12.5 Å². The maximum absolute atomic E-state index is 4.32. The molecule has 0 saturated heterocycles. The minimum Gasteiger partial charge on any atom is -0.244 e. The van der Waals surface area contributed by atoms with Crippen molar-refractivity contribution in [1.82, 2.24) is 9.97 Å². The van der Waals surface area contributed by atoms with Gasteiger partial charge in [-0.3, -0.25) is 0 Å². The van der Waals surface area contributed by atoms with Crippen molar-refractivity contribution < 1.29 is 0 Å². The molecule has 0 amide bonds. The predicted octanol–water partition coefficient (Wildman–Crippen LogP) is 2.96. The first kappa shape index (κ1) is 8.36. The molecular weight excluding hydrogens is 192 g/mol. The number of nitrogens with zero attached hydrogens (tertiary/aromatic N) is 2. The Morgan fingerprint density at radius 2 is 2.07 bits per heavy atom. The molecule has 0 aromatic carbocycles. The van der Waals surface area contributed by atoms with Crippen molar-refractivity contribution in [1.29, 1.82) is 0 Å². The van der Waals surface area contributed by atoms with Crippen molar-refractivity contribution in [3.63, 3.8) is 0 Å². The molecule has 0 saturated carbocycles. The van der Waals surface area contributed by atoms with Crippen molar-refractivity contribution in [2.75, 3.05) is 0 Å². The van der Waals surface area contributed by atoms with Crippen molar-refractivity contribution in [3.8, 4) is 0 Å². The molecule has 0 spiro atoms. The van der Waals surface area contributed by atoms with Gasteiger partial charge in [0.25, 0.3) is 0 Å². The average molecular weight is 204 g/mol. The standard InChI is InChI=1S/C11H12N2S/c1-2-4-8-9-6-12-7-13-11(9)14-10(8)5-3-1/h6-7H,1-5H2. The fraction of sp³-hybridized carbons (Fsp3) is 0.455. The smallest absolute Gasteiger partial charge is 0.127 e. The zero-order valence-electron chi connectivity index (χ0n) is 7.99. The first-order valence-electron chi connectivity index (χ1n) is 5.15. The van der Waals surface area contributed by atoms with E-state index in [2.05, 4.69) is 9.97 Å². The third-order valence-corrected chi connectivity index (χ3v) is 4.10. The SMILES string of the molecule is c1ncc2c3c(sc2n1)CCCCC3. The lowest BCUT2D eigenvalue weighted by Gasteiger charge is -1.96. The largest absolute Gasteiger partial charge is 0.244 e. The van der Waals surface area contributed by atoms with Crippen LogP contribution in [0, 0.1) is 0 Å². The average Bonchev–Trinajstić information content (AvgIpc) is 2.42. The number of thiophene rings is 1. The Kier molecular flexibility index (Phi) is 1.98. The molecule has 72 valence electrons. The Bertz CT molecular complexity index is 461. The van der Waals surface area contributed by atoms with Crippen LogP contribution in [-0.4, -0.2) is 9.97 Å². The van der Waals surface area contributed by atoms with Gasteiger partial charge >= 0.3 is 0 Å². The summed E-state index contributed by atoms with van der Waals surface area (Å²) in [5.74, 6) is 0. The van der Waals surface area contributed by atoms with Crippen molar-refractivity contribution in [2.24, 2.45) is 0 Å². The normalized spacial score (nSPS) is 16.6. The van der Waals surface area contributed by atoms with E-state index < -0.39 is 0 Å². The Labute approximate surface area is 87.0 Å². The van der Waals surface area contributed by atoms with Crippen LogP contribution in [0.2, 0.25) is 0 Å². The van der Waals surface area contributed by atoms with E-state index in [1.165, 1.54) is 47.9 Å². The Balaban J connectivity index is 2.24. The minimum absolute atomic E-state index is 1.17. The van der Waals surface area contributed by atoms with Gasteiger partial charge in [-0.1, -0.05) is 6.42 Å². The fourth-order valence-electron chi connectivity index (χ4n) is 2.18. The monoisotopic (exact) mass is 204 g/mol. The van der Waals surface area contributed by atoms with E-state index in [9.17, 15) is 0 Å². The predicted molar refractivity (Wildman–Crippen MR) is 58.7 cm³/mol. The molecule has 1 aliphatic rings. The van der Waals surface area contributed by atoms with Crippen LogP contribution in [-0.2, 0) is 12.8 Å². The molecule has 3 rings (SSSR count). The molecule has 2 heterocycles. The molecule has 2 aromatic heterocycles. The Hall–Kier alpha value is -0.960. The van der Waals surface area contributed by atoms with E-state index in [1.54, 1.807) is 11.2 Å². The number of aromatic nitrogens is 2. The summed E-state index contributed by atoms with van der Waals surface area (Å²) in [6.45, 7) is 0. The fourth-order valence-corrected chi connectivity index (χ4v) is 3.38. The summed E-state index contributed by atoms with van der Waals surface area (Å²) in [5, 5.41) is 1.30. The third-order valence-electron chi connectivity index (χ3n) is 2.89. The molecule has 2 aromatic rings. The maximum Gasteiger partial charge on any atom is 0.127 e. The molecule has 0 unspecified atom stereocenters. The van der Waals surface area contributed by atoms with Gasteiger partial charge in [0.15, 0.2) is 0 Å². The van der Waals surface area contributed by atoms with Crippen LogP contribution in [0.5, 0.6) is 0 Å². The third kappa shape index (κ3) is 1.23. The Morgan fingerprint density at radius 1 is 1.14 bits per heavy atom. The molecule has 1 aliphatic carbocycles. The summed E-state index contributed by atoms with van der Waals surface area (Å²) in [6.07, 6.45) is 10.1. The van der Waals surface area contributed by atoms with Gasteiger partial charge in [0.05, 0.1) is 0 Å². The van der Waals surface area contributed by atoms with Crippen LogP contribution >= 0.6 is 11.3 Å². The van der Waals surface area contributed by atoms with Crippen LogP contribution in [0.3, 0.4) is 0 Å². The van der Waals surface area contributed by atoms with E-state index in [0.29, 0.717) is 0 Å². The molecule has 0 fully saturated rings. The first-order valence-corrected chi connectivity index (χ1v) is 5.97. The second-order valence-corrected chi connectivity index (χ2v) is 4.89. The van der Waals surface area contributed by atoms with Gasteiger partial charge in [-0.05, 0) is 31.2 Å². The molecular formula is C11H12N2S. The minimum atomic E-state index is 1.17. The van der Waals surface area contributed by atoms with E-state index in [1.807, 2.05) is 17.5 Å². The lowest BCUT2D eigenvalue weighted by atomic mass is 10.1. The number of rotatable bonds is 0. The second kappa shape index (κ2) is 3.31. The zero-order valence-corrected chi connectivity index (χ0v) is 8.81. The lowest BCUT2D eigenvalue weighted by molar-refractivity contribution is 0.713. The van der Waals surface area contributed by atoms with Crippen LogP contribution < -0.4 is 0 Å². The lowest BCUT2D eigenvalue weighted by Crippen LogP contribution is -1.84. The first-order chi connectivity index (χ1) is 6.95. The quantitative estimate of drug-likeness (QED) is 0.616. The highest BCUT2D eigenvalue weighted by Gasteiger charge is 2.14. The molecule has 0 atom stereocenters. The number of fused-ring (bicyclic) bond motifs is 3. The topological polar surface area (TPSA) is 25.8 Å². The van der Waals surface area contributed by atoms with Gasteiger partial charge < -0.3 is 0 Å². The summed E-state index contributed by atoms with van der Waals surface area (Å²) in [5.41, 5.74) is 1.53. The summed E-state index contributed by atoms with van der Waals surface area (Å²) >= 11 is 1.86. The number of aryl methyl sites for hydroxylation is 2. The molecule has 0 radical (unpaired) electrons. The van der Waals surface area contributed by atoms with Crippen LogP contribution in [0.25, 0.3) is 10.2 Å². The van der Waals surface area contributed by atoms with Crippen molar-refractivity contribution in [2.45, 2.75) is 32.1 Å². The van der Waals surface area contributed by atoms with Crippen molar-refractivity contribution in [3.05, 3.63) is 23.0 Å². The number of hydrogen-bond donors (Lipinski definition) is 0. The second-order valence-electron chi connectivity index (χ2n) is 3.81. The van der Waals surface area contributed by atoms with E-state index in [4.69, 9.17) is 0 Å². The molecule has 14 heavy (non-hydrogen) atoms. The van der Waals surface area contributed by atoms with Gasteiger partial charge in [0.1, 0.15) is 11.2 Å². The molecule has 0 bridgehead atoms. The van der Waals surface area contributed by atoms with E-state index in [-0.39, 0.29) is 0 Å². The van der Waals surface area contributed by atoms with Gasteiger partial charge in [-0.15, -0.1) is 11.3 Å². The molecule has 2 nitrogen and oxygen atoms in total. The molecule has 3 heteroatoms. The molecule has 0 aliphatic heterocycles. The number of hydrogen-bond acceptors (Lipinski definition) is 3. The highest BCUT2D eigenvalue weighted by molar-refractivity contribution is 7.18. The van der Waals surface area contributed by atoms with Crippen molar-refractivity contribution >= 4 is 21.6 Å². The highest BCUT2D eigenvalue weighted by atomic mass is 32.1. The van der Waals surface area contributed by atoms with E-state index in [0.717, 1.165) is 0 Å². The van der Waals surface area contributed by atoms with Crippen LogP contribution in [0.4, 0.5) is 0 Å². The van der Waals surface area contributed by atoms with Gasteiger partial charge in [-0.2, -0.15) is 0 Å². The van der Waals surface area contributed by atoms with Gasteiger partial charge in [-0.25, -0.2) is 9.97 Å².